The van der Waals surface area contributed by atoms with Crippen LogP contribution in [0.5, 0.6) is 5.75 Å². The summed E-state index contributed by atoms with van der Waals surface area (Å²) in [5, 5.41) is 3.07. The fourth-order valence-corrected chi connectivity index (χ4v) is 3.77. The van der Waals surface area contributed by atoms with E-state index in [0.717, 1.165) is 19.9 Å². The lowest BCUT2D eigenvalue weighted by Crippen LogP contribution is -2.47. The Bertz CT molecular complexity index is 844. The van der Waals surface area contributed by atoms with E-state index >= 15 is 0 Å². The Kier molecular flexibility index (Phi) is 3.27. The standard InChI is InChI=1S/C12H9F2N3O2S2/c1-5-16-9-8(21-5)4-7(6-2-3-20-10(6)9)19-12(13,14)11(18)17-15/h2-4H,15H2,1H3,(H,17,18). The van der Waals surface area contributed by atoms with Gasteiger partial charge in [0.25, 0.3) is 0 Å². The average Bonchev–Trinajstić information content (AvgIpc) is 3.02. The zero-order valence-corrected chi connectivity index (χ0v) is 12.3. The molecule has 1 amide bonds. The molecule has 0 saturated carbocycles. The number of thiophene rings is 1. The third-order valence-electron chi connectivity index (χ3n) is 2.80. The largest absolute Gasteiger partial charge is 0.483 e. The molecule has 0 aliphatic rings. The number of nitrogens with two attached hydrogens (primary N) is 1. The predicted octanol–water partition coefficient (Wildman–Crippen LogP) is 2.78. The van der Waals surface area contributed by atoms with Gasteiger partial charge in [-0.05, 0) is 18.4 Å². The number of aromatic nitrogens is 1. The van der Waals surface area contributed by atoms with Crippen LogP contribution in [-0.4, -0.2) is 17.0 Å². The van der Waals surface area contributed by atoms with Gasteiger partial charge in [0.05, 0.1) is 19.9 Å². The van der Waals surface area contributed by atoms with Gasteiger partial charge in [0.1, 0.15) is 5.75 Å². The number of hydrogen-bond acceptors (Lipinski definition) is 6. The Morgan fingerprint density at radius 2 is 2.29 bits per heavy atom. The quantitative estimate of drug-likeness (QED) is 0.440. The minimum atomic E-state index is -4.04. The van der Waals surface area contributed by atoms with Crippen LogP contribution < -0.4 is 16.0 Å². The summed E-state index contributed by atoms with van der Waals surface area (Å²) in [6.07, 6.45) is -4.04. The molecule has 0 saturated heterocycles. The van der Waals surface area contributed by atoms with E-state index in [4.69, 9.17) is 5.84 Å². The molecule has 5 nitrogen and oxygen atoms in total. The third kappa shape index (κ3) is 2.33. The van der Waals surface area contributed by atoms with E-state index in [9.17, 15) is 13.6 Å². The van der Waals surface area contributed by atoms with Gasteiger partial charge in [0.2, 0.25) is 0 Å². The average molecular weight is 329 g/mol. The minimum absolute atomic E-state index is 0.0731. The third-order valence-corrected chi connectivity index (χ3v) is 4.64. The molecule has 110 valence electrons. The number of hydrogen-bond donors (Lipinski definition) is 2. The highest BCUT2D eigenvalue weighted by Gasteiger charge is 2.42. The van der Waals surface area contributed by atoms with E-state index in [-0.39, 0.29) is 5.75 Å². The van der Waals surface area contributed by atoms with E-state index in [0.29, 0.717) is 5.39 Å². The van der Waals surface area contributed by atoms with Gasteiger partial charge >= 0.3 is 12.0 Å². The number of benzene rings is 1. The molecule has 1 aromatic carbocycles. The summed E-state index contributed by atoms with van der Waals surface area (Å²) in [5.74, 6) is 2.96. The summed E-state index contributed by atoms with van der Waals surface area (Å²) in [7, 11) is 0. The first-order valence-electron chi connectivity index (χ1n) is 5.77. The van der Waals surface area contributed by atoms with Crippen molar-refractivity contribution in [3.8, 4) is 5.75 Å². The molecular formula is C12H9F2N3O2S2. The van der Waals surface area contributed by atoms with Crippen molar-refractivity contribution >= 4 is 48.9 Å². The molecule has 0 aliphatic carbocycles. The Morgan fingerprint density at radius 3 is 3.00 bits per heavy atom. The van der Waals surface area contributed by atoms with Crippen molar-refractivity contribution in [1.29, 1.82) is 0 Å². The molecule has 21 heavy (non-hydrogen) atoms. The van der Waals surface area contributed by atoms with Crippen LogP contribution in [0.2, 0.25) is 0 Å². The van der Waals surface area contributed by atoms with E-state index in [1.54, 1.807) is 11.4 Å². The second-order valence-electron chi connectivity index (χ2n) is 4.21. The number of carbonyl (C=O) groups excluding carboxylic acids is 1. The number of halogens is 2. The summed E-state index contributed by atoms with van der Waals surface area (Å²) in [6, 6.07) is 3.12. The molecule has 0 aliphatic heterocycles. The second kappa shape index (κ2) is 4.86. The molecule has 3 aromatic rings. The van der Waals surface area contributed by atoms with E-state index in [1.165, 1.54) is 34.2 Å². The number of thiazole rings is 1. The SMILES string of the molecule is Cc1nc2c(cc(OC(F)(F)C(=O)NN)c3ccsc32)s1. The van der Waals surface area contributed by atoms with Crippen LogP contribution in [0.25, 0.3) is 20.3 Å². The van der Waals surface area contributed by atoms with Crippen molar-refractivity contribution in [2.24, 2.45) is 5.84 Å². The fourth-order valence-electron chi connectivity index (χ4n) is 1.94. The lowest BCUT2D eigenvalue weighted by molar-refractivity contribution is -0.192. The van der Waals surface area contributed by atoms with Gasteiger partial charge in [0.15, 0.2) is 0 Å². The molecular weight excluding hydrogens is 320 g/mol. The molecule has 9 heteroatoms. The number of aryl methyl sites for hydroxylation is 1. The summed E-state index contributed by atoms with van der Waals surface area (Å²) in [4.78, 5) is 15.5. The van der Waals surface area contributed by atoms with E-state index in [2.05, 4.69) is 9.72 Å². The van der Waals surface area contributed by atoms with Gasteiger partial charge in [0, 0.05) is 11.5 Å². The maximum atomic E-state index is 13.6. The Morgan fingerprint density at radius 1 is 1.52 bits per heavy atom. The molecule has 2 heterocycles. The van der Waals surface area contributed by atoms with Gasteiger partial charge < -0.3 is 4.74 Å². The van der Waals surface area contributed by atoms with Crippen molar-refractivity contribution < 1.29 is 18.3 Å². The van der Waals surface area contributed by atoms with Crippen LogP contribution in [0.1, 0.15) is 5.01 Å². The van der Waals surface area contributed by atoms with Crippen molar-refractivity contribution in [3.05, 3.63) is 22.5 Å². The number of fused-ring (bicyclic) bond motifs is 3. The Hall–Kier alpha value is -1.84. The van der Waals surface area contributed by atoms with Crippen molar-refractivity contribution in [2.45, 2.75) is 13.0 Å². The van der Waals surface area contributed by atoms with Crippen LogP contribution in [0, 0.1) is 6.92 Å². The number of nitrogens with one attached hydrogen (secondary N) is 1. The highest BCUT2D eigenvalue weighted by molar-refractivity contribution is 7.21. The van der Waals surface area contributed by atoms with Crippen LogP contribution in [0.15, 0.2) is 17.5 Å². The molecule has 0 spiro atoms. The van der Waals surface area contributed by atoms with Gasteiger partial charge in [-0.2, -0.15) is 8.78 Å². The number of ether oxygens (including phenoxy) is 1. The number of amides is 1. The fraction of sp³-hybridized carbons (Fsp3) is 0.167. The highest BCUT2D eigenvalue weighted by atomic mass is 32.1. The smallest absolute Gasteiger partial charge is 0.424 e. The minimum Gasteiger partial charge on any atom is -0.424 e. The Labute approximate surface area is 125 Å². The molecule has 2 aromatic heterocycles. The summed E-state index contributed by atoms with van der Waals surface area (Å²) >= 11 is 2.75. The van der Waals surface area contributed by atoms with Crippen LogP contribution >= 0.6 is 22.7 Å². The van der Waals surface area contributed by atoms with Gasteiger partial charge in [-0.25, -0.2) is 10.8 Å². The second-order valence-corrected chi connectivity index (χ2v) is 6.36. The first-order chi connectivity index (χ1) is 9.92. The summed E-state index contributed by atoms with van der Waals surface area (Å²) in [5.41, 5.74) is 2.14. The van der Waals surface area contributed by atoms with Gasteiger partial charge in [-0.1, -0.05) is 0 Å². The lowest BCUT2D eigenvalue weighted by atomic mass is 10.2. The van der Waals surface area contributed by atoms with E-state index in [1.807, 2.05) is 6.92 Å². The lowest BCUT2D eigenvalue weighted by Gasteiger charge is -2.16. The number of hydrazine groups is 1. The van der Waals surface area contributed by atoms with E-state index < -0.39 is 12.0 Å². The first-order valence-corrected chi connectivity index (χ1v) is 7.47. The highest BCUT2D eigenvalue weighted by Crippen LogP contribution is 2.40. The first kappa shape index (κ1) is 14.1. The van der Waals surface area contributed by atoms with Crippen molar-refractivity contribution in [1.82, 2.24) is 10.4 Å². The molecule has 0 fully saturated rings. The molecule has 0 atom stereocenters. The monoisotopic (exact) mass is 329 g/mol. The number of alkyl halides is 2. The van der Waals surface area contributed by atoms with Crippen molar-refractivity contribution in [2.75, 3.05) is 0 Å². The topological polar surface area (TPSA) is 77.2 Å². The van der Waals surface area contributed by atoms with Crippen LogP contribution in [0.4, 0.5) is 8.78 Å². The molecule has 3 N–H and O–H groups in total. The molecule has 0 bridgehead atoms. The predicted molar refractivity (Wildman–Crippen MR) is 77.6 cm³/mol. The van der Waals surface area contributed by atoms with Gasteiger partial charge in [-0.15, -0.1) is 22.7 Å². The maximum absolute atomic E-state index is 13.6. The van der Waals surface area contributed by atoms with Gasteiger partial charge in [-0.3, -0.25) is 10.2 Å². The van der Waals surface area contributed by atoms with Crippen molar-refractivity contribution in [3.63, 3.8) is 0 Å². The Balaban J connectivity index is 2.16. The number of rotatable bonds is 3. The summed E-state index contributed by atoms with van der Waals surface area (Å²) in [6.45, 7) is 1.83. The van der Waals surface area contributed by atoms with Crippen LogP contribution in [0.3, 0.4) is 0 Å². The maximum Gasteiger partial charge on any atom is 0.483 e. The zero-order chi connectivity index (χ0) is 15.2. The molecule has 3 rings (SSSR count). The summed E-state index contributed by atoms with van der Waals surface area (Å²) < 4.78 is 33.3. The normalized spacial score (nSPS) is 12.0. The molecule has 0 radical (unpaired) electrons. The number of carbonyl (C=O) groups is 1. The zero-order valence-electron chi connectivity index (χ0n) is 10.6. The number of nitrogens with zero attached hydrogens (tertiary/aromatic N) is 1. The molecule has 0 unspecified atom stereocenters. The van der Waals surface area contributed by atoms with Crippen LogP contribution in [-0.2, 0) is 4.79 Å².